The second-order valence-corrected chi connectivity index (χ2v) is 4.80. The highest BCUT2D eigenvalue weighted by Gasteiger charge is 2.36. The van der Waals surface area contributed by atoms with Crippen molar-refractivity contribution in [2.45, 2.75) is 58.4 Å². The summed E-state index contributed by atoms with van der Waals surface area (Å²) in [6.45, 7) is 4.74. The number of hydrogen-bond acceptors (Lipinski definition) is 2. The van der Waals surface area contributed by atoms with Gasteiger partial charge in [0, 0.05) is 12.5 Å². The van der Waals surface area contributed by atoms with E-state index >= 15 is 0 Å². The molecule has 1 rings (SSSR count). The SMILES string of the molecule is CCCC(CCC)C(=O)N1CCCC1C(=O)O. The Morgan fingerprint density at radius 3 is 2.35 bits per heavy atom. The van der Waals surface area contributed by atoms with Gasteiger partial charge < -0.3 is 10.0 Å². The Bertz CT molecular complexity index is 272. The van der Waals surface area contributed by atoms with Gasteiger partial charge in [0.25, 0.3) is 0 Å². The zero-order valence-corrected chi connectivity index (χ0v) is 10.8. The predicted octanol–water partition coefficient (Wildman–Crippen LogP) is 2.28. The van der Waals surface area contributed by atoms with Crippen molar-refractivity contribution in [1.29, 1.82) is 0 Å². The van der Waals surface area contributed by atoms with Gasteiger partial charge in [-0.05, 0) is 25.7 Å². The molecular formula is C13H23NO3. The van der Waals surface area contributed by atoms with E-state index in [1.54, 1.807) is 4.90 Å². The molecular weight excluding hydrogens is 218 g/mol. The summed E-state index contributed by atoms with van der Waals surface area (Å²) < 4.78 is 0. The zero-order valence-electron chi connectivity index (χ0n) is 10.8. The number of carbonyl (C=O) groups excluding carboxylic acids is 1. The van der Waals surface area contributed by atoms with Gasteiger partial charge >= 0.3 is 5.97 Å². The van der Waals surface area contributed by atoms with Crippen LogP contribution in [0.1, 0.15) is 52.4 Å². The minimum absolute atomic E-state index is 0.0185. The third-order valence-electron chi connectivity index (χ3n) is 3.44. The smallest absolute Gasteiger partial charge is 0.326 e. The van der Waals surface area contributed by atoms with Gasteiger partial charge in [-0.2, -0.15) is 0 Å². The van der Waals surface area contributed by atoms with Crippen molar-refractivity contribution < 1.29 is 14.7 Å². The number of hydrogen-bond donors (Lipinski definition) is 1. The third-order valence-corrected chi connectivity index (χ3v) is 3.44. The van der Waals surface area contributed by atoms with Crippen LogP contribution in [0.15, 0.2) is 0 Å². The molecule has 17 heavy (non-hydrogen) atoms. The number of aliphatic carboxylic acids is 1. The van der Waals surface area contributed by atoms with Gasteiger partial charge in [0.1, 0.15) is 6.04 Å². The van der Waals surface area contributed by atoms with Crippen LogP contribution < -0.4 is 0 Å². The van der Waals surface area contributed by atoms with Gasteiger partial charge in [-0.25, -0.2) is 4.79 Å². The van der Waals surface area contributed by atoms with E-state index in [1.165, 1.54) is 0 Å². The highest BCUT2D eigenvalue weighted by Crippen LogP contribution is 2.24. The topological polar surface area (TPSA) is 57.6 Å². The Morgan fingerprint density at radius 1 is 1.29 bits per heavy atom. The molecule has 0 bridgehead atoms. The van der Waals surface area contributed by atoms with Crippen molar-refractivity contribution in [2.24, 2.45) is 5.92 Å². The molecule has 1 unspecified atom stereocenters. The maximum Gasteiger partial charge on any atom is 0.326 e. The first-order valence-electron chi connectivity index (χ1n) is 6.65. The number of carboxylic acid groups (broad SMARTS) is 1. The summed E-state index contributed by atoms with van der Waals surface area (Å²) in [4.78, 5) is 24.9. The molecule has 0 spiro atoms. The molecule has 1 amide bonds. The van der Waals surface area contributed by atoms with Gasteiger partial charge in [-0.3, -0.25) is 4.79 Å². The lowest BCUT2D eigenvalue weighted by atomic mass is 9.96. The van der Waals surface area contributed by atoms with Crippen LogP contribution in [0.25, 0.3) is 0 Å². The van der Waals surface area contributed by atoms with Gasteiger partial charge in [-0.1, -0.05) is 26.7 Å². The van der Waals surface area contributed by atoms with Gasteiger partial charge in [-0.15, -0.1) is 0 Å². The van der Waals surface area contributed by atoms with E-state index in [2.05, 4.69) is 13.8 Å². The minimum Gasteiger partial charge on any atom is -0.480 e. The molecule has 1 N–H and O–H groups in total. The van der Waals surface area contributed by atoms with Gasteiger partial charge in [0.05, 0.1) is 0 Å². The van der Waals surface area contributed by atoms with E-state index in [0.29, 0.717) is 13.0 Å². The first-order chi connectivity index (χ1) is 8.11. The lowest BCUT2D eigenvalue weighted by molar-refractivity contribution is -0.150. The van der Waals surface area contributed by atoms with Crippen LogP contribution in [-0.4, -0.2) is 34.5 Å². The molecule has 4 nitrogen and oxygen atoms in total. The fourth-order valence-corrected chi connectivity index (χ4v) is 2.61. The summed E-state index contributed by atoms with van der Waals surface area (Å²) in [6.07, 6.45) is 5.11. The van der Waals surface area contributed by atoms with Gasteiger partial charge in [0.2, 0.25) is 5.91 Å². The fraction of sp³-hybridized carbons (Fsp3) is 0.846. The Morgan fingerprint density at radius 2 is 1.88 bits per heavy atom. The van der Waals surface area contributed by atoms with Crippen LogP contribution in [0.3, 0.4) is 0 Å². The van der Waals surface area contributed by atoms with Crippen LogP contribution in [0, 0.1) is 5.92 Å². The second-order valence-electron chi connectivity index (χ2n) is 4.80. The number of carbonyl (C=O) groups is 2. The summed E-state index contributed by atoms with van der Waals surface area (Å²) in [5, 5.41) is 9.08. The van der Waals surface area contributed by atoms with Crippen molar-refractivity contribution in [3.8, 4) is 0 Å². The van der Waals surface area contributed by atoms with Crippen molar-refractivity contribution >= 4 is 11.9 Å². The Labute approximate surface area is 103 Å². The normalized spacial score (nSPS) is 19.9. The summed E-state index contributed by atoms with van der Waals surface area (Å²) in [7, 11) is 0. The van der Waals surface area contributed by atoms with Crippen LogP contribution >= 0.6 is 0 Å². The molecule has 1 saturated heterocycles. The van der Waals surface area contributed by atoms with Crippen molar-refractivity contribution in [1.82, 2.24) is 4.90 Å². The molecule has 0 saturated carbocycles. The maximum absolute atomic E-state index is 12.3. The lowest BCUT2D eigenvalue weighted by Gasteiger charge is -2.26. The Balaban J connectivity index is 2.68. The fourth-order valence-electron chi connectivity index (χ4n) is 2.61. The summed E-state index contributed by atoms with van der Waals surface area (Å²) in [6, 6.07) is -0.585. The average Bonchev–Trinajstić information content (AvgIpc) is 2.76. The molecule has 1 heterocycles. The average molecular weight is 241 g/mol. The standard InChI is InChI=1S/C13H23NO3/c1-3-6-10(7-4-2)12(15)14-9-5-8-11(14)13(16)17/h10-11H,3-9H2,1-2H3,(H,16,17). The van der Waals surface area contributed by atoms with Crippen LogP contribution in [0.5, 0.6) is 0 Å². The number of carboxylic acids is 1. The van der Waals surface area contributed by atoms with Gasteiger partial charge in [0.15, 0.2) is 0 Å². The molecule has 0 radical (unpaired) electrons. The summed E-state index contributed by atoms with van der Waals surface area (Å²) in [5.41, 5.74) is 0. The first-order valence-corrected chi connectivity index (χ1v) is 6.65. The molecule has 0 aromatic heterocycles. The third kappa shape index (κ3) is 3.45. The first kappa shape index (κ1) is 14.0. The quantitative estimate of drug-likeness (QED) is 0.776. The van der Waals surface area contributed by atoms with E-state index in [4.69, 9.17) is 5.11 Å². The van der Waals surface area contributed by atoms with Crippen molar-refractivity contribution in [3.63, 3.8) is 0 Å². The lowest BCUT2D eigenvalue weighted by Crippen LogP contribution is -2.43. The summed E-state index contributed by atoms with van der Waals surface area (Å²) in [5.74, 6) is -0.786. The summed E-state index contributed by atoms with van der Waals surface area (Å²) >= 11 is 0. The molecule has 0 aliphatic carbocycles. The monoisotopic (exact) mass is 241 g/mol. The molecule has 98 valence electrons. The van der Waals surface area contributed by atoms with E-state index < -0.39 is 12.0 Å². The van der Waals surface area contributed by atoms with E-state index in [-0.39, 0.29) is 11.8 Å². The molecule has 4 heteroatoms. The Kier molecular flexibility index (Phi) is 5.45. The highest BCUT2D eigenvalue weighted by atomic mass is 16.4. The van der Waals surface area contributed by atoms with E-state index in [0.717, 1.165) is 32.1 Å². The molecule has 1 aliphatic heterocycles. The highest BCUT2D eigenvalue weighted by molar-refractivity contribution is 5.85. The number of amides is 1. The van der Waals surface area contributed by atoms with Crippen molar-refractivity contribution in [3.05, 3.63) is 0 Å². The molecule has 0 aromatic carbocycles. The zero-order chi connectivity index (χ0) is 12.8. The largest absolute Gasteiger partial charge is 0.480 e. The maximum atomic E-state index is 12.3. The predicted molar refractivity (Wildman–Crippen MR) is 65.7 cm³/mol. The van der Waals surface area contributed by atoms with Crippen molar-refractivity contribution in [2.75, 3.05) is 6.54 Å². The number of likely N-dealkylation sites (tertiary alicyclic amines) is 1. The van der Waals surface area contributed by atoms with Crippen LogP contribution in [-0.2, 0) is 9.59 Å². The Hall–Kier alpha value is -1.06. The number of nitrogens with zero attached hydrogens (tertiary/aromatic N) is 1. The van der Waals surface area contributed by atoms with Crippen LogP contribution in [0.2, 0.25) is 0 Å². The molecule has 1 aliphatic rings. The number of rotatable bonds is 6. The van der Waals surface area contributed by atoms with E-state index in [1.807, 2.05) is 0 Å². The van der Waals surface area contributed by atoms with E-state index in [9.17, 15) is 9.59 Å². The van der Waals surface area contributed by atoms with Crippen LogP contribution in [0.4, 0.5) is 0 Å². The minimum atomic E-state index is -0.859. The second kappa shape index (κ2) is 6.62. The molecule has 0 aromatic rings. The molecule has 1 atom stereocenters. The molecule has 1 fully saturated rings.